The fourth-order valence-electron chi connectivity index (χ4n) is 1.31. The van der Waals surface area contributed by atoms with Gasteiger partial charge in [0, 0.05) is 0 Å². The Morgan fingerprint density at radius 3 is 2.68 bits per heavy atom. The van der Waals surface area contributed by atoms with Crippen LogP contribution in [-0.2, 0) is 6.18 Å². The molecule has 0 aliphatic heterocycles. The van der Waals surface area contributed by atoms with Gasteiger partial charge in [0.2, 0.25) is 0 Å². The van der Waals surface area contributed by atoms with Gasteiger partial charge >= 0.3 is 6.18 Å². The van der Waals surface area contributed by atoms with Crippen molar-refractivity contribution in [2.75, 3.05) is 5.32 Å². The summed E-state index contributed by atoms with van der Waals surface area (Å²) in [7, 11) is 0. The average molecular weight is 291 g/mol. The number of anilines is 1. The van der Waals surface area contributed by atoms with E-state index in [4.69, 9.17) is 11.6 Å². The largest absolute Gasteiger partial charge is 0.451 e. The first-order valence-electron chi connectivity index (χ1n) is 4.94. The van der Waals surface area contributed by atoms with Crippen LogP contribution in [0.5, 0.6) is 0 Å². The van der Waals surface area contributed by atoms with Crippen LogP contribution in [0.1, 0.15) is 16.1 Å². The van der Waals surface area contributed by atoms with Crippen LogP contribution < -0.4 is 5.32 Å². The summed E-state index contributed by atoms with van der Waals surface area (Å²) in [6.07, 6.45) is -2.42. The van der Waals surface area contributed by atoms with Gasteiger partial charge in [-0.3, -0.25) is 4.79 Å². The summed E-state index contributed by atoms with van der Waals surface area (Å²) in [4.78, 5) is 15.2. The predicted octanol–water partition coefficient (Wildman–Crippen LogP) is 3.60. The van der Waals surface area contributed by atoms with Crippen molar-refractivity contribution >= 4 is 23.2 Å². The molecule has 0 saturated carbocycles. The van der Waals surface area contributed by atoms with Crippen LogP contribution in [0.2, 0.25) is 5.02 Å². The number of carbonyl (C=O) groups excluding carboxylic acids is 1. The molecule has 4 nitrogen and oxygen atoms in total. The smallest absolute Gasteiger partial charge is 0.416 e. The highest BCUT2D eigenvalue weighted by Gasteiger charge is 2.31. The first-order valence-corrected chi connectivity index (χ1v) is 5.32. The van der Waals surface area contributed by atoms with Crippen molar-refractivity contribution in [2.45, 2.75) is 6.18 Å². The summed E-state index contributed by atoms with van der Waals surface area (Å²) in [6.45, 7) is 0. The Morgan fingerprint density at radius 1 is 1.37 bits per heavy atom. The number of nitrogens with zero attached hydrogens (tertiary/aromatic N) is 1. The lowest BCUT2D eigenvalue weighted by atomic mass is 10.2. The van der Waals surface area contributed by atoms with Crippen molar-refractivity contribution in [1.82, 2.24) is 4.98 Å². The van der Waals surface area contributed by atoms with Gasteiger partial charge in [0.05, 0.1) is 16.3 Å². The maximum atomic E-state index is 12.5. The molecule has 0 bridgehead atoms. The molecule has 1 N–H and O–H groups in total. The van der Waals surface area contributed by atoms with Gasteiger partial charge in [0.1, 0.15) is 6.26 Å². The second kappa shape index (κ2) is 4.93. The molecule has 0 atom stereocenters. The third-order valence-electron chi connectivity index (χ3n) is 2.21. The molecule has 100 valence electrons. The number of nitrogens with one attached hydrogen (secondary N) is 1. The third-order valence-corrected chi connectivity index (χ3v) is 2.54. The normalized spacial score (nSPS) is 11.4. The van der Waals surface area contributed by atoms with Crippen LogP contribution in [-0.4, -0.2) is 10.9 Å². The molecule has 0 aliphatic rings. The zero-order chi connectivity index (χ0) is 14.0. The van der Waals surface area contributed by atoms with E-state index in [1.807, 2.05) is 0 Å². The van der Waals surface area contributed by atoms with Crippen molar-refractivity contribution in [1.29, 1.82) is 0 Å². The van der Waals surface area contributed by atoms with E-state index in [9.17, 15) is 18.0 Å². The van der Waals surface area contributed by atoms with E-state index in [2.05, 4.69) is 14.7 Å². The third kappa shape index (κ3) is 3.05. The zero-order valence-electron chi connectivity index (χ0n) is 9.16. The van der Waals surface area contributed by atoms with Crippen molar-refractivity contribution in [3.05, 3.63) is 47.1 Å². The van der Waals surface area contributed by atoms with E-state index in [-0.39, 0.29) is 16.4 Å². The van der Waals surface area contributed by atoms with Crippen LogP contribution in [0.25, 0.3) is 0 Å². The molecule has 19 heavy (non-hydrogen) atoms. The minimum atomic E-state index is -4.52. The van der Waals surface area contributed by atoms with E-state index in [1.165, 1.54) is 0 Å². The lowest BCUT2D eigenvalue weighted by Gasteiger charge is -2.10. The van der Waals surface area contributed by atoms with Crippen LogP contribution in [0.15, 0.2) is 35.3 Å². The number of hydrogen-bond acceptors (Lipinski definition) is 3. The topological polar surface area (TPSA) is 55.1 Å². The van der Waals surface area contributed by atoms with E-state index >= 15 is 0 Å². The summed E-state index contributed by atoms with van der Waals surface area (Å²) in [5.74, 6) is -0.713. The number of rotatable bonds is 2. The van der Waals surface area contributed by atoms with Gasteiger partial charge in [-0.15, -0.1) is 0 Å². The van der Waals surface area contributed by atoms with Crippen molar-refractivity contribution in [3.8, 4) is 0 Å². The lowest BCUT2D eigenvalue weighted by molar-refractivity contribution is -0.137. The van der Waals surface area contributed by atoms with Crippen molar-refractivity contribution in [3.63, 3.8) is 0 Å². The van der Waals surface area contributed by atoms with Gasteiger partial charge in [-0.2, -0.15) is 13.2 Å². The maximum absolute atomic E-state index is 12.5. The first kappa shape index (κ1) is 13.4. The van der Waals surface area contributed by atoms with Crippen LogP contribution in [0.3, 0.4) is 0 Å². The summed E-state index contributed by atoms with van der Waals surface area (Å²) in [5, 5.41) is 2.22. The molecule has 0 unspecified atom stereocenters. The lowest BCUT2D eigenvalue weighted by Crippen LogP contribution is -2.14. The van der Waals surface area contributed by atoms with Gasteiger partial charge in [0.15, 0.2) is 12.1 Å². The molecule has 0 spiro atoms. The Bertz CT molecular complexity index is 596. The average Bonchev–Trinajstić information content (AvgIpc) is 2.84. The highest BCUT2D eigenvalue weighted by Crippen LogP contribution is 2.33. The fourth-order valence-corrected chi connectivity index (χ4v) is 1.47. The monoisotopic (exact) mass is 290 g/mol. The van der Waals surface area contributed by atoms with E-state index < -0.39 is 17.6 Å². The van der Waals surface area contributed by atoms with Crippen LogP contribution >= 0.6 is 11.6 Å². The second-order valence-corrected chi connectivity index (χ2v) is 3.93. The molecule has 1 aromatic carbocycles. The summed E-state index contributed by atoms with van der Waals surface area (Å²) < 4.78 is 42.2. The Balaban J connectivity index is 2.27. The molecular weight excluding hydrogens is 285 g/mol. The SMILES string of the molecule is O=C(Nc1cc(C(F)(F)F)ccc1Cl)c1cocn1. The van der Waals surface area contributed by atoms with Gasteiger partial charge in [-0.05, 0) is 18.2 Å². The zero-order valence-corrected chi connectivity index (χ0v) is 9.92. The number of benzene rings is 1. The van der Waals surface area contributed by atoms with Crippen molar-refractivity contribution < 1.29 is 22.4 Å². The molecule has 8 heteroatoms. The van der Waals surface area contributed by atoms with Gasteiger partial charge in [-0.25, -0.2) is 4.98 Å². The number of aromatic nitrogens is 1. The number of alkyl halides is 3. The minimum absolute atomic E-state index is 0.00940. The number of halogens is 4. The fraction of sp³-hybridized carbons (Fsp3) is 0.0909. The Labute approximate surface area is 110 Å². The van der Waals surface area contributed by atoms with Crippen molar-refractivity contribution in [2.24, 2.45) is 0 Å². The van der Waals surface area contributed by atoms with Crippen LogP contribution in [0, 0.1) is 0 Å². The van der Waals surface area contributed by atoms with E-state index in [0.29, 0.717) is 0 Å². The molecule has 2 aromatic rings. The molecule has 1 amide bonds. The van der Waals surface area contributed by atoms with Crippen LogP contribution in [0.4, 0.5) is 18.9 Å². The molecule has 0 aliphatic carbocycles. The number of amides is 1. The van der Waals surface area contributed by atoms with E-state index in [0.717, 1.165) is 30.9 Å². The molecular formula is C11H6ClF3N2O2. The number of hydrogen-bond donors (Lipinski definition) is 1. The Morgan fingerprint density at radius 2 is 2.11 bits per heavy atom. The molecule has 0 fully saturated rings. The highest BCUT2D eigenvalue weighted by molar-refractivity contribution is 6.33. The summed E-state index contributed by atoms with van der Waals surface area (Å²) >= 11 is 5.73. The van der Waals surface area contributed by atoms with E-state index in [1.54, 1.807) is 0 Å². The standard InChI is InChI=1S/C11H6ClF3N2O2/c12-7-2-1-6(11(13,14)15)3-8(7)17-10(18)9-4-19-5-16-9/h1-5H,(H,17,18). The second-order valence-electron chi connectivity index (χ2n) is 3.52. The van der Waals surface area contributed by atoms with Gasteiger partial charge in [-0.1, -0.05) is 11.6 Å². The Hall–Kier alpha value is -2.02. The molecule has 0 saturated heterocycles. The van der Waals surface area contributed by atoms with Gasteiger partial charge in [0.25, 0.3) is 5.91 Å². The Kier molecular flexibility index (Phi) is 3.48. The van der Waals surface area contributed by atoms with Gasteiger partial charge < -0.3 is 9.73 Å². The molecule has 0 radical (unpaired) electrons. The molecule has 1 heterocycles. The minimum Gasteiger partial charge on any atom is -0.451 e. The summed E-state index contributed by atoms with van der Waals surface area (Å²) in [6, 6.07) is 2.64. The first-order chi connectivity index (χ1) is 8.88. The predicted molar refractivity (Wildman–Crippen MR) is 60.9 cm³/mol. The molecule has 2 rings (SSSR count). The molecule has 1 aromatic heterocycles. The number of oxazole rings is 1. The number of carbonyl (C=O) groups is 1. The highest BCUT2D eigenvalue weighted by atomic mass is 35.5. The quantitative estimate of drug-likeness (QED) is 0.919. The summed E-state index contributed by atoms with van der Waals surface area (Å²) in [5.41, 5.74) is -1.12. The maximum Gasteiger partial charge on any atom is 0.416 e.